The van der Waals surface area contributed by atoms with E-state index in [0.29, 0.717) is 0 Å². The van der Waals surface area contributed by atoms with Gasteiger partial charge in [-0.2, -0.15) is 0 Å². The average molecular weight is 260 g/mol. The summed E-state index contributed by atoms with van der Waals surface area (Å²) in [7, 11) is 0. The molecule has 0 fully saturated rings. The van der Waals surface area contributed by atoms with E-state index in [1.807, 2.05) is 49.4 Å². The summed E-state index contributed by atoms with van der Waals surface area (Å²) in [5, 5.41) is 6.24. The largest absolute Gasteiger partial charge is 0.360 e. The van der Waals surface area contributed by atoms with Gasteiger partial charge in [0.2, 0.25) is 0 Å². The quantitative estimate of drug-likeness (QED) is 0.510. The van der Waals surface area contributed by atoms with E-state index in [1.54, 1.807) is 0 Å². The minimum absolute atomic E-state index is 0.803. The number of aromatic nitrogens is 2. The molecular weight excluding hydrogens is 248 g/mol. The topological polar surface area (TPSA) is 38.9 Å². The maximum atomic E-state index is 5.40. The molecule has 2 aromatic carbocycles. The lowest BCUT2D eigenvalue weighted by atomic mass is 10.0. The van der Waals surface area contributed by atoms with Crippen LogP contribution in [0.5, 0.6) is 0 Å². The number of pyridine rings is 1. The van der Waals surface area contributed by atoms with Crippen LogP contribution in [-0.2, 0) is 0 Å². The molecule has 0 bridgehead atoms. The molecule has 0 saturated heterocycles. The maximum Gasteiger partial charge on any atom is 0.143 e. The van der Waals surface area contributed by atoms with Crippen molar-refractivity contribution < 1.29 is 4.52 Å². The summed E-state index contributed by atoms with van der Waals surface area (Å²) in [6.07, 6.45) is 0. The molecule has 0 saturated carbocycles. The lowest BCUT2D eigenvalue weighted by Gasteiger charge is -2.05. The highest BCUT2D eigenvalue weighted by atomic mass is 16.5. The summed E-state index contributed by atoms with van der Waals surface area (Å²) < 4.78 is 5.40. The summed E-state index contributed by atoms with van der Waals surface area (Å²) in [5.74, 6) is 0.803. The van der Waals surface area contributed by atoms with Crippen molar-refractivity contribution in [3.8, 4) is 11.3 Å². The first kappa shape index (κ1) is 11.2. The minimum atomic E-state index is 0.803. The fourth-order valence-corrected chi connectivity index (χ4v) is 2.59. The number of benzene rings is 2. The van der Waals surface area contributed by atoms with Gasteiger partial charge in [0.15, 0.2) is 0 Å². The summed E-state index contributed by atoms with van der Waals surface area (Å²) in [6, 6.07) is 18.2. The molecule has 3 nitrogen and oxygen atoms in total. The average Bonchev–Trinajstić information content (AvgIpc) is 2.90. The van der Waals surface area contributed by atoms with Crippen molar-refractivity contribution in [2.45, 2.75) is 6.92 Å². The lowest BCUT2D eigenvalue weighted by Crippen LogP contribution is -1.88. The molecule has 2 aromatic heterocycles. The van der Waals surface area contributed by atoms with Crippen LogP contribution in [0.3, 0.4) is 0 Å². The molecule has 2 heterocycles. The number of aryl methyl sites for hydroxylation is 1. The Morgan fingerprint density at radius 3 is 2.50 bits per heavy atom. The van der Waals surface area contributed by atoms with Gasteiger partial charge in [0.25, 0.3) is 0 Å². The SMILES string of the molecule is Cc1onc2c1c(-c1ccccc1)nc1ccccc12. The second kappa shape index (κ2) is 4.17. The van der Waals surface area contributed by atoms with Crippen LogP contribution in [0.2, 0.25) is 0 Å². The van der Waals surface area contributed by atoms with E-state index in [0.717, 1.165) is 38.8 Å². The number of hydrogen-bond acceptors (Lipinski definition) is 3. The highest BCUT2D eigenvalue weighted by molar-refractivity contribution is 6.09. The highest BCUT2D eigenvalue weighted by Gasteiger charge is 2.15. The number of rotatable bonds is 1. The Morgan fingerprint density at radius 1 is 0.900 bits per heavy atom. The van der Waals surface area contributed by atoms with Crippen molar-refractivity contribution in [2.75, 3.05) is 0 Å². The maximum absolute atomic E-state index is 5.40. The third-order valence-corrected chi connectivity index (χ3v) is 3.54. The molecule has 0 aliphatic carbocycles. The third kappa shape index (κ3) is 1.53. The van der Waals surface area contributed by atoms with E-state index in [4.69, 9.17) is 9.51 Å². The fourth-order valence-electron chi connectivity index (χ4n) is 2.59. The van der Waals surface area contributed by atoms with Crippen LogP contribution < -0.4 is 0 Å². The van der Waals surface area contributed by atoms with E-state index in [1.165, 1.54) is 0 Å². The molecule has 0 aliphatic heterocycles. The summed E-state index contributed by atoms with van der Waals surface area (Å²) in [5.41, 5.74) is 3.83. The molecular formula is C17H12N2O. The van der Waals surface area contributed by atoms with Gasteiger partial charge >= 0.3 is 0 Å². The van der Waals surface area contributed by atoms with Crippen molar-refractivity contribution in [2.24, 2.45) is 0 Å². The lowest BCUT2D eigenvalue weighted by molar-refractivity contribution is 0.406. The van der Waals surface area contributed by atoms with E-state index in [2.05, 4.69) is 17.3 Å². The first-order chi connectivity index (χ1) is 9.84. The van der Waals surface area contributed by atoms with Gasteiger partial charge in [-0.3, -0.25) is 0 Å². The Labute approximate surface area is 115 Å². The van der Waals surface area contributed by atoms with Crippen LogP contribution in [0.1, 0.15) is 5.76 Å². The van der Waals surface area contributed by atoms with Gasteiger partial charge in [-0.25, -0.2) is 4.98 Å². The minimum Gasteiger partial charge on any atom is -0.360 e. The van der Waals surface area contributed by atoms with Gasteiger partial charge < -0.3 is 4.52 Å². The Balaban J connectivity index is 2.20. The molecule has 0 N–H and O–H groups in total. The van der Waals surface area contributed by atoms with Crippen LogP contribution in [0, 0.1) is 6.92 Å². The van der Waals surface area contributed by atoms with Gasteiger partial charge in [-0.15, -0.1) is 0 Å². The van der Waals surface area contributed by atoms with Crippen molar-refractivity contribution in [3.05, 3.63) is 60.4 Å². The van der Waals surface area contributed by atoms with Gasteiger partial charge in [0, 0.05) is 10.9 Å². The first-order valence-corrected chi connectivity index (χ1v) is 6.55. The number of fused-ring (bicyclic) bond motifs is 3. The molecule has 4 aromatic rings. The predicted molar refractivity (Wildman–Crippen MR) is 79.5 cm³/mol. The Morgan fingerprint density at radius 2 is 1.65 bits per heavy atom. The Hall–Kier alpha value is -2.68. The van der Waals surface area contributed by atoms with Crippen LogP contribution in [-0.4, -0.2) is 10.1 Å². The molecule has 0 radical (unpaired) electrons. The molecule has 0 aliphatic rings. The normalized spacial score (nSPS) is 11.2. The molecule has 0 atom stereocenters. The zero-order valence-electron chi connectivity index (χ0n) is 11.0. The van der Waals surface area contributed by atoms with Crippen LogP contribution in [0.15, 0.2) is 59.1 Å². The van der Waals surface area contributed by atoms with E-state index >= 15 is 0 Å². The number of nitrogens with zero attached hydrogens (tertiary/aromatic N) is 2. The molecule has 20 heavy (non-hydrogen) atoms. The molecule has 0 spiro atoms. The first-order valence-electron chi connectivity index (χ1n) is 6.55. The molecule has 96 valence electrons. The van der Waals surface area contributed by atoms with Crippen molar-refractivity contribution >= 4 is 21.8 Å². The Kier molecular flexibility index (Phi) is 2.33. The fraction of sp³-hybridized carbons (Fsp3) is 0.0588. The third-order valence-electron chi connectivity index (χ3n) is 3.54. The van der Waals surface area contributed by atoms with E-state index in [9.17, 15) is 0 Å². The Bertz CT molecular complexity index is 910. The zero-order chi connectivity index (χ0) is 13.5. The molecule has 0 unspecified atom stereocenters. The standard InChI is InChI=1S/C17H12N2O/c1-11-15-16(12-7-3-2-4-8-12)18-14-10-6-5-9-13(14)17(15)19-20-11/h2-10H,1H3. The second-order valence-corrected chi connectivity index (χ2v) is 4.81. The second-order valence-electron chi connectivity index (χ2n) is 4.81. The van der Waals surface area contributed by atoms with Gasteiger partial charge in [-0.1, -0.05) is 53.7 Å². The van der Waals surface area contributed by atoms with Gasteiger partial charge in [-0.05, 0) is 13.0 Å². The molecule has 3 heteroatoms. The van der Waals surface area contributed by atoms with Crippen molar-refractivity contribution in [1.82, 2.24) is 10.1 Å². The van der Waals surface area contributed by atoms with Crippen molar-refractivity contribution in [1.29, 1.82) is 0 Å². The number of para-hydroxylation sites is 1. The van der Waals surface area contributed by atoms with Gasteiger partial charge in [0.1, 0.15) is 11.3 Å². The monoisotopic (exact) mass is 260 g/mol. The summed E-state index contributed by atoms with van der Waals surface area (Å²) in [4.78, 5) is 4.81. The van der Waals surface area contributed by atoms with Crippen LogP contribution >= 0.6 is 0 Å². The van der Waals surface area contributed by atoms with Gasteiger partial charge in [0.05, 0.1) is 16.6 Å². The van der Waals surface area contributed by atoms with Crippen molar-refractivity contribution in [3.63, 3.8) is 0 Å². The molecule has 4 rings (SSSR count). The van der Waals surface area contributed by atoms with Crippen LogP contribution in [0.4, 0.5) is 0 Å². The molecule has 0 amide bonds. The smallest absolute Gasteiger partial charge is 0.143 e. The highest BCUT2D eigenvalue weighted by Crippen LogP contribution is 2.33. The van der Waals surface area contributed by atoms with E-state index in [-0.39, 0.29) is 0 Å². The van der Waals surface area contributed by atoms with E-state index < -0.39 is 0 Å². The van der Waals surface area contributed by atoms with Crippen LogP contribution in [0.25, 0.3) is 33.1 Å². The summed E-state index contributed by atoms with van der Waals surface area (Å²) >= 11 is 0. The zero-order valence-corrected chi connectivity index (χ0v) is 11.0. The number of hydrogen-bond donors (Lipinski definition) is 0. The summed E-state index contributed by atoms with van der Waals surface area (Å²) in [6.45, 7) is 1.93. The predicted octanol–water partition coefficient (Wildman–Crippen LogP) is 4.35.